The molecule has 0 amide bonds. The highest BCUT2D eigenvalue weighted by atomic mass is 16.5. The van der Waals surface area contributed by atoms with E-state index >= 15 is 0 Å². The van der Waals surface area contributed by atoms with Crippen LogP contribution in [0.2, 0.25) is 0 Å². The largest absolute Gasteiger partial charge is 0.373 e. The van der Waals surface area contributed by atoms with Gasteiger partial charge in [0, 0.05) is 32.4 Å². The minimum absolute atomic E-state index is 0.303. The lowest BCUT2D eigenvalue weighted by Gasteiger charge is -2.35. The number of pyridine rings is 1. The van der Waals surface area contributed by atoms with E-state index in [1.54, 1.807) is 6.20 Å². The second-order valence-corrected chi connectivity index (χ2v) is 4.76. The van der Waals surface area contributed by atoms with Gasteiger partial charge in [0.25, 0.3) is 0 Å². The van der Waals surface area contributed by atoms with Crippen molar-refractivity contribution in [3.05, 3.63) is 29.6 Å². The molecule has 4 heteroatoms. The van der Waals surface area contributed by atoms with Crippen molar-refractivity contribution in [3.63, 3.8) is 0 Å². The zero-order valence-corrected chi connectivity index (χ0v) is 10.6. The Bertz CT molecular complexity index is 359. The van der Waals surface area contributed by atoms with Crippen molar-refractivity contribution >= 4 is 0 Å². The molecule has 0 aromatic carbocycles. The highest BCUT2D eigenvalue weighted by Gasteiger charge is 2.22. The van der Waals surface area contributed by atoms with Crippen LogP contribution in [0.4, 0.5) is 0 Å². The molecule has 94 valence electrons. The SMILES string of the molecule is C[C@@H]1CN(Cc2cccnc2CN)C[C@H](C)O1. The van der Waals surface area contributed by atoms with E-state index in [-0.39, 0.29) is 0 Å². The van der Waals surface area contributed by atoms with Gasteiger partial charge in [-0.15, -0.1) is 0 Å². The Balaban J connectivity index is 2.04. The number of hydrogen-bond donors (Lipinski definition) is 1. The molecule has 17 heavy (non-hydrogen) atoms. The topological polar surface area (TPSA) is 51.4 Å². The van der Waals surface area contributed by atoms with Gasteiger partial charge in [0.15, 0.2) is 0 Å². The standard InChI is InChI=1S/C13H21N3O/c1-10-7-16(8-11(2)17-10)9-12-4-3-5-15-13(12)6-14/h3-5,10-11H,6-9,14H2,1-2H3/t10-,11+. The summed E-state index contributed by atoms with van der Waals surface area (Å²) in [5, 5.41) is 0. The van der Waals surface area contributed by atoms with E-state index in [0.29, 0.717) is 18.8 Å². The van der Waals surface area contributed by atoms with E-state index in [4.69, 9.17) is 10.5 Å². The van der Waals surface area contributed by atoms with E-state index in [2.05, 4.69) is 29.8 Å². The molecule has 0 bridgehead atoms. The van der Waals surface area contributed by atoms with Crippen LogP contribution in [0.1, 0.15) is 25.1 Å². The lowest BCUT2D eigenvalue weighted by Crippen LogP contribution is -2.45. The van der Waals surface area contributed by atoms with Crippen molar-refractivity contribution in [2.75, 3.05) is 13.1 Å². The van der Waals surface area contributed by atoms with Crippen LogP contribution in [-0.2, 0) is 17.8 Å². The maximum absolute atomic E-state index is 5.73. The van der Waals surface area contributed by atoms with Gasteiger partial charge in [0.2, 0.25) is 0 Å². The quantitative estimate of drug-likeness (QED) is 0.854. The summed E-state index contributed by atoms with van der Waals surface area (Å²) in [5.41, 5.74) is 7.94. The molecular formula is C13H21N3O. The van der Waals surface area contributed by atoms with Gasteiger partial charge in [-0.25, -0.2) is 0 Å². The minimum atomic E-state index is 0.303. The van der Waals surface area contributed by atoms with Crippen LogP contribution in [0.3, 0.4) is 0 Å². The average Bonchev–Trinajstić information content (AvgIpc) is 2.28. The second kappa shape index (κ2) is 5.58. The number of ether oxygens (including phenoxy) is 1. The van der Waals surface area contributed by atoms with Crippen LogP contribution in [0.25, 0.3) is 0 Å². The Morgan fingerprint density at radius 3 is 2.76 bits per heavy atom. The molecule has 1 saturated heterocycles. The fourth-order valence-electron chi connectivity index (χ4n) is 2.45. The van der Waals surface area contributed by atoms with Crippen LogP contribution >= 0.6 is 0 Å². The van der Waals surface area contributed by atoms with Gasteiger partial charge in [-0.3, -0.25) is 9.88 Å². The fourth-order valence-corrected chi connectivity index (χ4v) is 2.45. The van der Waals surface area contributed by atoms with Crippen LogP contribution in [-0.4, -0.2) is 35.2 Å². The van der Waals surface area contributed by atoms with Gasteiger partial charge in [-0.05, 0) is 25.5 Å². The number of nitrogens with two attached hydrogens (primary N) is 1. The van der Waals surface area contributed by atoms with Gasteiger partial charge in [-0.2, -0.15) is 0 Å². The van der Waals surface area contributed by atoms with Crippen molar-refractivity contribution in [2.45, 2.75) is 39.1 Å². The third-order valence-corrected chi connectivity index (χ3v) is 3.07. The van der Waals surface area contributed by atoms with Gasteiger partial charge in [0.1, 0.15) is 0 Å². The molecule has 0 radical (unpaired) electrons. The number of aromatic nitrogens is 1. The van der Waals surface area contributed by atoms with E-state index < -0.39 is 0 Å². The first-order valence-corrected chi connectivity index (χ1v) is 6.19. The molecule has 2 heterocycles. The molecule has 2 atom stereocenters. The average molecular weight is 235 g/mol. The molecule has 0 spiro atoms. The molecule has 0 saturated carbocycles. The zero-order valence-electron chi connectivity index (χ0n) is 10.6. The molecule has 1 aliphatic heterocycles. The Labute approximate surface area is 103 Å². The van der Waals surface area contributed by atoms with Crippen LogP contribution in [0.15, 0.2) is 18.3 Å². The molecule has 1 fully saturated rings. The first kappa shape index (κ1) is 12.5. The predicted octanol–water partition coefficient (Wildman–Crippen LogP) is 1.15. The number of rotatable bonds is 3. The summed E-state index contributed by atoms with van der Waals surface area (Å²) in [6.07, 6.45) is 2.41. The molecular weight excluding hydrogens is 214 g/mol. The zero-order chi connectivity index (χ0) is 12.3. The highest BCUT2D eigenvalue weighted by Crippen LogP contribution is 2.15. The lowest BCUT2D eigenvalue weighted by molar-refractivity contribution is -0.0705. The summed E-state index contributed by atoms with van der Waals surface area (Å²) in [6.45, 7) is 7.61. The van der Waals surface area contributed by atoms with Crippen molar-refractivity contribution in [3.8, 4) is 0 Å². The summed E-state index contributed by atoms with van der Waals surface area (Å²) < 4.78 is 5.73. The van der Waals surface area contributed by atoms with Crippen LogP contribution < -0.4 is 5.73 Å². The summed E-state index contributed by atoms with van der Waals surface area (Å²) in [5.74, 6) is 0. The normalized spacial score (nSPS) is 26.1. The number of hydrogen-bond acceptors (Lipinski definition) is 4. The summed E-state index contributed by atoms with van der Waals surface area (Å²) in [4.78, 5) is 6.73. The Hall–Kier alpha value is -0.970. The maximum atomic E-state index is 5.73. The predicted molar refractivity (Wildman–Crippen MR) is 67.4 cm³/mol. The molecule has 2 N–H and O–H groups in total. The van der Waals surface area contributed by atoms with Gasteiger partial charge < -0.3 is 10.5 Å². The lowest BCUT2D eigenvalue weighted by atomic mass is 10.1. The van der Waals surface area contributed by atoms with Gasteiger partial charge >= 0.3 is 0 Å². The van der Waals surface area contributed by atoms with Gasteiger partial charge in [-0.1, -0.05) is 6.07 Å². The molecule has 1 aliphatic rings. The monoisotopic (exact) mass is 235 g/mol. The van der Waals surface area contributed by atoms with Crippen molar-refractivity contribution in [2.24, 2.45) is 5.73 Å². The van der Waals surface area contributed by atoms with Crippen molar-refractivity contribution in [1.29, 1.82) is 0 Å². The molecule has 2 rings (SSSR count). The smallest absolute Gasteiger partial charge is 0.0678 e. The number of nitrogens with zero attached hydrogens (tertiary/aromatic N) is 2. The molecule has 1 aromatic rings. The van der Waals surface area contributed by atoms with E-state index in [1.165, 1.54) is 5.56 Å². The fraction of sp³-hybridized carbons (Fsp3) is 0.615. The molecule has 0 unspecified atom stereocenters. The van der Waals surface area contributed by atoms with Crippen molar-refractivity contribution in [1.82, 2.24) is 9.88 Å². The van der Waals surface area contributed by atoms with Crippen LogP contribution in [0, 0.1) is 0 Å². The van der Waals surface area contributed by atoms with E-state index in [9.17, 15) is 0 Å². The molecule has 4 nitrogen and oxygen atoms in total. The Morgan fingerprint density at radius 1 is 1.41 bits per heavy atom. The first-order chi connectivity index (χ1) is 8.19. The van der Waals surface area contributed by atoms with Crippen molar-refractivity contribution < 1.29 is 4.74 Å². The minimum Gasteiger partial charge on any atom is -0.373 e. The maximum Gasteiger partial charge on any atom is 0.0678 e. The van der Waals surface area contributed by atoms with Gasteiger partial charge in [0.05, 0.1) is 17.9 Å². The molecule has 1 aromatic heterocycles. The third-order valence-electron chi connectivity index (χ3n) is 3.07. The number of morpholine rings is 1. The Morgan fingerprint density at radius 2 is 2.12 bits per heavy atom. The first-order valence-electron chi connectivity index (χ1n) is 6.19. The Kier molecular flexibility index (Phi) is 4.10. The third kappa shape index (κ3) is 3.25. The summed E-state index contributed by atoms with van der Waals surface area (Å²) >= 11 is 0. The highest BCUT2D eigenvalue weighted by molar-refractivity contribution is 5.19. The van der Waals surface area contributed by atoms with E-state index in [1.807, 2.05) is 6.07 Å². The summed E-state index contributed by atoms with van der Waals surface area (Å²) in [6, 6.07) is 4.09. The second-order valence-electron chi connectivity index (χ2n) is 4.76. The van der Waals surface area contributed by atoms with Crippen LogP contribution in [0.5, 0.6) is 0 Å². The summed E-state index contributed by atoms with van der Waals surface area (Å²) in [7, 11) is 0. The molecule has 0 aliphatic carbocycles. The van der Waals surface area contributed by atoms with E-state index in [0.717, 1.165) is 25.3 Å².